The molecule has 0 amide bonds. The van der Waals surface area contributed by atoms with Crippen LogP contribution in [-0.4, -0.2) is 28.9 Å². The molecule has 23 heavy (non-hydrogen) atoms. The monoisotopic (exact) mass is 333 g/mol. The van der Waals surface area contributed by atoms with E-state index in [1.165, 1.54) is 0 Å². The molecule has 0 aromatic heterocycles. The Morgan fingerprint density at radius 3 is 1.87 bits per heavy atom. The molecule has 6 heteroatoms. The maximum absolute atomic E-state index is 11.2. The Balaban J connectivity index is 2.17. The molecule has 0 spiro atoms. The van der Waals surface area contributed by atoms with E-state index in [1.54, 1.807) is 26.4 Å². The lowest BCUT2D eigenvalue weighted by Crippen LogP contribution is -2.09. The highest BCUT2D eigenvalue weighted by Gasteiger charge is 2.01. The predicted molar refractivity (Wildman–Crippen MR) is 93.4 cm³/mol. The van der Waals surface area contributed by atoms with Gasteiger partial charge in [-0.25, -0.2) is 8.42 Å². The van der Waals surface area contributed by atoms with Crippen LogP contribution in [0.5, 0.6) is 11.5 Å². The Kier molecular flexibility index (Phi) is 5.28. The summed E-state index contributed by atoms with van der Waals surface area (Å²) in [6.07, 6.45) is 4.99. The van der Waals surface area contributed by atoms with Crippen LogP contribution in [0.4, 0.5) is 5.69 Å². The zero-order valence-corrected chi connectivity index (χ0v) is 14.1. The van der Waals surface area contributed by atoms with Crippen LogP contribution in [0.2, 0.25) is 0 Å². The second kappa shape index (κ2) is 7.19. The number of sulfonamides is 1. The fraction of sp³-hybridized carbons (Fsp3) is 0.176. The average molecular weight is 333 g/mol. The van der Waals surface area contributed by atoms with Crippen molar-refractivity contribution in [3.05, 3.63) is 53.6 Å². The second-order valence-electron chi connectivity index (χ2n) is 4.98. The molecule has 0 heterocycles. The summed E-state index contributed by atoms with van der Waals surface area (Å²) in [7, 11) is -0.0427. The quantitative estimate of drug-likeness (QED) is 0.824. The fourth-order valence-electron chi connectivity index (χ4n) is 1.99. The highest BCUT2D eigenvalue weighted by molar-refractivity contribution is 7.92. The highest BCUT2D eigenvalue weighted by atomic mass is 32.2. The number of methoxy groups -OCH3 is 2. The summed E-state index contributed by atoms with van der Waals surface area (Å²) in [5.74, 6) is 1.44. The van der Waals surface area contributed by atoms with E-state index >= 15 is 0 Å². The van der Waals surface area contributed by atoms with Gasteiger partial charge >= 0.3 is 0 Å². The number of benzene rings is 2. The summed E-state index contributed by atoms with van der Waals surface area (Å²) in [5, 5.41) is 0. The topological polar surface area (TPSA) is 64.6 Å². The molecule has 2 rings (SSSR count). The van der Waals surface area contributed by atoms with E-state index < -0.39 is 10.0 Å². The third kappa shape index (κ3) is 5.34. The van der Waals surface area contributed by atoms with Crippen LogP contribution in [0.25, 0.3) is 12.2 Å². The molecular weight excluding hydrogens is 314 g/mol. The van der Waals surface area contributed by atoms with Crippen molar-refractivity contribution in [1.82, 2.24) is 0 Å². The lowest BCUT2D eigenvalue weighted by atomic mass is 10.1. The maximum Gasteiger partial charge on any atom is 0.229 e. The van der Waals surface area contributed by atoms with Crippen molar-refractivity contribution in [2.24, 2.45) is 0 Å². The largest absolute Gasteiger partial charge is 0.497 e. The predicted octanol–water partition coefficient (Wildman–Crippen LogP) is 3.25. The number of ether oxygens (including phenoxy) is 2. The zero-order chi connectivity index (χ0) is 16.9. The Morgan fingerprint density at radius 2 is 1.39 bits per heavy atom. The van der Waals surface area contributed by atoms with Crippen LogP contribution in [0.3, 0.4) is 0 Å². The zero-order valence-electron chi connectivity index (χ0n) is 13.2. The third-order valence-electron chi connectivity index (χ3n) is 3.06. The smallest absolute Gasteiger partial charge is 0.229 e. The number of nitrogens with one attached hydrogen (secondary N) is 1. The van der Waals surface area contributed by atoms with Crippen molar-refractivity contribution in [2.45, 2.75) is 0 Å². The Morgan fingerprint density at radius 1 is 0.870 bits per heavy atom. The molecule has 122 valence electrons. The van der Waals surface area contributed by atoms with Crippen LogP contribution < -0.4 is 14.2 Å². The van der Waals surface area contributed by atoms with E-state index in [-0.39, 0.29) is 0 Å². The van der Waals surface area contributed by atoms with Gasteiger partial charge in [0.2, 0.25) is 10.0 Å². The Bertz CT molecular complexity index is 774. The van der Waals surface area contributed by atoms with Crippen LogP contribution in [0.1, 0.15) is 11.1 Å². The van der Waals surface area contributed by atoms with Gasteiger partial charge in [0.1, 0.15) is 11.5 Å². The number of anilines is 1. The van der Waals surface area contributed by atoms with Gasteiger partial charge in [-0.15, -0.1) is 0 Å². The molecule has 0 aliphatic rings. The molecule has 0 unspecified atom stereocenters. The molecule has 1 N–H and O–H groups in total. The van der Waals surface area contributed by atoms with Gasteiger partial charge in [0.05, 0.1) is 20.5 Å². The summed E-state index contributed by atoms with van der Waals surface area (Å²) in [4.78, 5) is 0. The first kappa shape index (κ1) is 16.9. The van der Waals surface area contributed by atoms with E-state index in [1.807, 2.05) is 42.5 Å². The Hall–Kier alpha value is -2.47. The van der Waals surface area contributed by atoms with E-state index in [4.69, 9.17) is 9.47 Å². The summed E-state index contributed by atoms with van der Waals surface area (Å²) in [6.45, 7) is 0. The van der Waals surface area contributed by atoms with E-state index in [0.717, 1.165) is 28.9 Å². The van der Waals surface area contributed by atoms with Gasteiger partial charge in [-0.05, 0) is 35.4 Å². The maximum atomic E-state index is 11.2. The molecule has 0 aliphatic heterocycles. The number of hydrogen-bond acceptors (Lipinski definition) is 4. The minimum Gasteiger partial charge on any atom is -0.497 e. The van der Waals surface area contributed by atoms with Crippen LogP contribution in [-0.2, 0) is 10.0 Å². The molecule has 0 saturated heterocycles. The van der Waals surface area contributed by atoms with Gasteiger partial charge in [0, 0.05) is 11.8 Å². The molecule has 0 fully saturated rings. The molecule has 0 saturated carbocycles. The highest BCUT2D eigenvalue weighted by Crippen LogP contribution is 2.24. The molecule has 5 nitrogen and oxygen atoms in total. The average Bonchev–Trinajstić information content (AvgIpc) is 2.52. The molecule has 2 aromatic rings. The van der Waals surface area contributed by atoms with E-state index in [2.05, 4.69) is 4.72 Å². The molecular formula is C17H19NO4S. The molecule has 0 radical (unpaired) electrons. The first-order valence-corrected chi connectivity index (χ1v) is 8.78. The van der Waals surface area contributed by atoms with E-state index in [9.17, 15) is 8.42 Å². The van der Waals surface area contributed by atoms with Crippen LogP contribution >= 0.6 is 0 Å². The minimum atomic E-state index is -3.26. The normalized spacial score (nSPS) is 11.4. The van der Waals surface area contributed by atoms with Crippen molar-refractivity contribution in [3.8, 4) is 11.5 Å². The number of hydrogen-bond donors (Lipinski definition) is 1. The van der Waals surface area contributed by atoms with Crippen molar-refractivity contribution in [1.29, 1.82) is 0 Å². The van der Waals surface area contributed by atoms with Crippen molar-refractivity contribution >= 4 is 27.9 Å². The minimum absolute atomic E-state index is 0.535. The van der Waals surface area contributed by atoms with Gasteiger partial charge in [-0.2, -0.15) is 0 Å². The lowest BCUT2D eigenvalue weighted by Gasteiger charge is -2.06. The fourth-order valence-corrected chi connectivity index (χ4v) is 2.56. The Labute approximate surface area is 136 Å². The van der Waals surface area contributed by atoms with Crippen molar-refractivity contribution in [2.75, 3.05) is 25.2 Å². The summed E-state index contributed by atoms with van der Waals surface area (Å²) >= 11 is 0. The molecule has 0 bridgehead atoms. The summed E-state index contributed by atoms with van der Waals surface area (Å²) < 4.78 is 35.2. The second-order valence-corrected chi connectivity index (χ2v) is 6.72. The third-order valence-corrected chi connectivity index (χ3v) is 3.66. The van der Waals surface area contributed by atoms with Gasteiger partial charge in [0.15, 0.2) is 0 Å². The lowest BCUT2D eigenvalue weighted by molar-refractivity contribution is 0.394. The first-order valence-electron chi connectivity index (χ1n) is 6.88. The number of rotatable bonds is 6. The van der Waals surface area contributed by atoms with Gasteiger partial charge < -0.3 is 9.47 Å². The van der Waals surface area contributed by atoms with Crippen molar-refractivity contribution in [3.63, 3.8) is 0 Å². The van der Waals surface area contributed by atoms with Crippen LogP contribution in [0, 0.1) is 0 Å². The van der Waals surface area contributed by atoms with Gasteiger partial charge in [-0.1, -0.05) is 24.3 Å². The van der Waals surface area contributed by atoms with Gasteiger partial charge in [-0.3, -0.25) is 4.72 Å². The standard InChI is InChI=1S/C17H19NO4S/c1-21-16-10-14(11-17(12-16)22-2)5-4-13-6-8-15(9-7-13)18-23(3,19)20/h4-12,18H,1-3H3/b5-4+. The molecule has 2 aromatic carbocycles. The SMILES string of the molecule is COc1cc(/C=C/c2ccc(NS(C)(=O)=O)cc2)cc(OC)c1. The van der Waals surface area contributed by atoms with Crippen LogP contribution in [0.15, 0.2) is 42.5 Å². The molecule has 0 atom stereocenters. The summed E-state index contributed by atoms with van der Waals surface area (Å²) in [5.41, 5.74) is 2.43. The van der Waals surface area contributed by atoms with Gasteiger partial charge in [0.25, 0.3) is 0 Å². The van der Waals surface area contributed by atoms with E-state index in [0.29, 0.717) is 5.69 Å². The molecule has 0 aliphatic carbocycles. The first-order chi connectivity index (χ1) is 10.9. The summed E-state index contributed by atoms with van der Waals surface area (Å²) in [6, 6.07) is 12.7. The van der Waals surface area contributed by atoms with Crippen molar-refractivity contribution < 1.29 is 17.9 Å².